The van der Waals surface area contributed by atoms with E-state index in [9.17, 15) is 18.0 Å². The number of carboxylic acids is 1. The average molecular weight is 320 g/mol. The molecule has 1 fully saturated rings. The zero-order chi connectivity index (χ0) is 16.0. The van der Waals surface area contributed by atoms with Gasteiger partial charge >= 0.3 is 5.97 Å². The number of rotatable bonds is 7. The number of sulfonamides is 1. The third-order valence-electron chi connectivity index (χ3n) is 3.64. The molecule has 122 valence electrons. The molecule has 7 nitrogen and oxygen atoms in total. The minimum atomic E-state index is -3.47. The van der Waals surface area contributed by atoms with Crippen LogP contribution in [0.1, 0.15) is 45.4 Å². The van der Waals surface area contributed by atoms with Gasteiger partial charge in [-0.3, -0.25) is 4.79 Å². The summed E-state index contributed by atoms with van der Waals surface area (Å²) in [7, 11) is -3.47. The second-order valence-corrected chi connectivity index (χ2v) is 7.36. The summed E-state index contributed by atoms with van der Waals surface area (Å²) in [6.07, 6.45) is 4.86. The maximum Gasteiger partial charge on any atom is 0.326 e. The molecule has 1 aliphatic heterocycles. The van der Waals surface area contributed by atoms with Crippen LogP contribution < -0.4 is 5.32 Å². The van der Waals surface area contributed by atoms with E-state index in [0.717, 1.165) is 25.5 Å². The highest BCUT2D eigenvalue weighted by molar-refractivity contribution is 7.88. The van der Waals surface area contributed by atoms with Crippen molar-refractivity contribution in [1.82, 2.24) is 9.62 Å². The number of nitrogens with one attached hydrogen (secondary N) is 1. The van der Waals surface area contributed by atoms with Crippen LogP contribution in [0.25, 0.3) is 0 Å². The topological polar surface area (TPSA) is 104 Å². The number of carboxylic acid groups (broad SMARTS) is 1. The van der Waals surface area contributed by atoms with Gasteiger partial charge in [0.2, 0.25) is 15.9 Å². The molecule has 0 aromatic rings. The smallest absolute Gasteiger partial charge is 0.326 e. The highest BCUT2D eigenvalue weighted by Crippen LogP contribution is 2.20. The third-order valence-corrected chi connectivity index (χ3v) is 4.93. The standard InChI is InChI=1S/C13H24N2O5S/c1-3-4-7-10(13(17)18)14-12(16)11-8-5-6-9-15(11)21(2,19)20/h10-11H,3-9H2,1-2H3,(H,14,16)(H,17,18)/t10-,11?/m0/s1. The lowest BCUT2D eigenvalue weighted by Crippen LogP contribution is -2.54. The second kappa shape index (κ2) is 7.74. The van der Waals surface area contributed by atoms with Crippen LogP contribution in [0.4, 0.5) is 0 Å². The number of hydrogen-bond acceptors (Lipinski definition) is 4. The van der Waals surface area contributed by atoms with E-state index in [1.807, 2.05) is 6.92 Å². The Morgan fingerprint density at radius 2 is 2.05 bits per heavy atom. The fourth-order valence-corrected chi connectivity index (χ4v) is 3.62. The molecule has 8 heteroatoms. The van der Waals surface area contributed by atoms with Crippen LogP contribution in [0.2, 0.25) is 0 Å². The number of piperidine rings is 1. The van der Waals surface area contributed by atoms with Gasteiger partial charge in [0, 0.05) is 6.54 Å². The van der Waals surface area contributed by atoms with E-state index in [2.05, 4.69) is 5.32 Å². The highest BCUT2D eigenvalue weighted by Gasteiger charge is 2.35. The molecular weight excluding hydrogens is 296 g/mol. The predicted octanol–water partition coefficient (Wildman–Crippen LogP) is 0.560. The molecule has 0 aromatic heterocycles. The van der Waals surface area contributed by atoms with E-state index in [1.54, 1.807) is 0 Å². The molecule has 0 radical (unpaired) electrons. The van der Waals surface area contributed by atoms with Gasteiger partial charge in [0.25, 0.3) is 0 Å². The Kier molecular flexibility index (Phi) is 6.60. The van der Waals surface area contributed by atoms with Crippen LogP contribution in [-0.4, -0.2) is 54.6 Å². The van der Waals surface area contributed by atoms with Crippen molar-refractivity contribution in [2.75, 3.05) is 12.8 Å². The van der Waals surface area contributed by atoms with Crippen molar-refractivity contribution in [1.29, 1.82) is 0 Å². The van der Waals surface area contributed by atoms with E-state index >= 15 is 0 Å². The van der Waals surface area contributed by atoms with Crippen LogP contribution in [0.5, 0.6) is 0 Å². The predicted molar refractivity (Wildman–Crippen MR) is 78.3 cm³/mol. The Labute approximate surface area is 125 Å². The number of aliphatic carboxylic acids is 1. The molecule has 1 saturated heterocycles. The van der Waals surface area contributed by atoms with Gasteiger partial charge in [-0.2, -0.15) is 4.31 Å². The lowest BCUT2D eigenvalue weighted by atomic mass is 10.0. The van der Waals surface area contributed by atoms with Crippen molar-refractivity contribution in [3.05, 3.63) is 0 Å². The van der Waals surface area contributed by atoms with Crippen molar-refractivity contribution < 1.29 is 23.1 Å². The molecular formula is C13H24N2O5S. The summed E-state index contributed by atoms with van der Waals surface area (Å²) >= 11 is 0. The summed E-state index contributed by atoms with van der Waals surface area (Å²) in [4.78, 5) is 23.4. The molecule has 1 unspecified atom stereocenters. The molecule has 1 rings (SSSR count). The lowest BCUT2D eigenvalue weighted by molar-refractivity contribution is -0.142. The number of hydrogen-bond donors (Lipinski definition) is 2. The minimum absolute atomic E-state index is 0.309. The van der Waals surface area contributed by atoms with Gasteiger partial charge in [0.05, 0.1) is 6.26 Å². The summed E-state index contributed by atoms with van der Waals surface area (Å²) in [5.41, 5.74) is 0. The Bertz CT molecular complexity index is 477. The van der Waals surface area contributed by atoms with Crippen LogP contribution >= 0.6 is 0 Å². The fraction of sp³-hybridized carbons (Fsp3) is 0.846. The van der Waals surface area contributed by atoms with Crippen LogP contribution in [0, 0.1) is 0 Å². The van der Waals surface area contributed by atoms with E-state index in [4.69, 9.17) is 5.11 Å². The highest BCUT2D eigenvalue weighted by atomic mass is 32.2. The monoisotopic (exact) mass is 320 g/mol. The lowest BCUT2D eigenvalue weighted by Gasteiger charge is -2.33. The summed E-state index contributed by atoms with van der Waals surface area (Å²) in [6.45, 7) is 2.25. The molecule has 1 aliphatic rings. The van der Waals surface area contributed by atoms with Crippen LogP contribution in [0.3, 0.4) is 0 Å². The zero-order valence-corrected chi connectivity index (χ0v) is 13.4. The van der Waals surface area contributed by atoms with Crippen molar-refractivity contribution >= 4 is 21.9 Å². The average Bonchev–Trinajstić information content (AvgIpc) is 2.42. The molecule has 0 bridgehead atoms. The van der Waals surface area contributed by atoms with Crippen molar-refractivity contribution in [2.24, 2.45) is 0 Å². The summed E-state index contributed by atoms with van der Waals surface area (Å²) in [5, 5.41) is 11.6. The molecule has 0 aliphatic carbocycles. The maximum absolute atomic E-state index is 12.3. The van der Waals surface area contributed by atoms with Crippen molar-refractivity contribution in [3.63, 3.8) is 0 Å². The van der Waals surface area contributed by atoms with Gasteiger partial charge in [0.15, 0.2) is 0 Å². The van der Waals surface area contributed by atoms with E-state index in [-0.39, 0.29) is 0 Å². The van der Waals surface area contributed by atoms with Crippen molar-refractivity contribution in [3.8, 4) is 0 Å². The van der Waals surface area contributed by atoms with Gasteiger partial charge in [-0.05, 0) is 19.3 Å². The summed E-state index contributed by atoms with van der Waals surface area (Å²) < 4.78 is 24.6. The van der Waals surface area contributed by atoms with Gasteiger partial charge in [-0.1, -0.05) is 26.2 Å². The van der Waals surface area contributed by atoms with E-state index in [1.165, 1.54) is 4.31 Å². The molecule has 2 N–H and O–H groups in total. The van der Waals surface area contributed by atoms with Gasteiger partial charge in [-0.15, -0.1) is 0 Å². The van der Waals surface area contributed by atoms with Gasteiger partial charge in [-0.25, -0.2) is 13.2 Å². The third kappa shape index (κ3) is 5.28. The summed E-state index contributed by atoms with van der Waals surface area (Å²) in [5.74, 6) is -1.60. The Balaban J connectivity index is 2.77. The number of carbonyl (C=O) groups excluding carboxylic acids is 1. The Hall–Kier alpha value is -1.15. The van der Waals surface area contributed by atoms with Crippen molar-refractivity contribution in [2.45, 2.75) is 57.5 Å². The van der Waals surface area contributed by atoms with E-state index < -0.39 is 34.0 Å². The second-order valence-electron chi connectivity index (χ2n) is 5.43. The fourth-order valence-electron chi connectivity index (χ4n) is 2.50. The molecule has 1 amide bonds. The number of carbonyl (C=O) groups is 2. The van der Waals surface area contributed by atoms with Crippen LogP contribution in [-0.2, 0) is 19.6 Å². The number of amides is 1. The van der Waals surface area contributed by atoms with E-state index in [0.29, 0.717) is 25.8 Å². The molecule has 0 spiro atoms. The number of unbranched alkanes of at least 4 members (excludes halogenated alkanes) is 1. The molecule has 21 heavy (non-hydrogen) atoms. The molecule has 1 heterocycles. The van der Waals surface area contributed by atoms with Gasteiger partial charge < -0.3 is 10.4 Å². The molecule has 2 atom stereocenters. The Morgan fingerprint density at radius 3 is 2.57 bits per heavy atom. The molecule has 0 aromatic carbocycles. The first kappa shape index (κ1) is 17.9. The minimum Gasteiger partial charge on any atom is -0.480 e. The first-order chi connectivity index (χ1) is 9.77. The first-order valence-corrected chi connectivity index (χ1v) is 9.12. The zero-order valence-electron chi connectivity index (χ0n) is 12.5. The Morgan fingerprint density at radius 1 is 1.38 bits per heavy atom. The normalized spacial score (nSPS) is 21.7. The van der Waals surface area contributed by atoms with Gasteiger partial charge in [0.1, 0.15) is 12.1 Å². The quantitative estimate of drug-likeness (QED) is 0.713. The summed E-state index contributed by atoms with van der Waals surface area (Å²) in [6, 6.07) is -1.75. The largest absolute Gasteiger partial charge is 0.480 e. The maximum atomic E-state index is 12.3. The molecule has 0 saturated carbocycles. The van der Waals surface area contributed by atoms with Crippen LogP contribution in [0.15, 0.2) is 0 Å². The number of nitrogens with zero attached hydrogens (tertiary/aromatic N) is 1. The SMILES string of the molecule is CCCC[C@H](NC(=O)C1CCCCN1S(C)(=O)=O)C(=O)O. The first-order valence-electron chi connectivity index (χ1n) is 7.27.